The second kappa shape index (κ2) is 3.64. The van der Waals surface area contributed by atoms with E-state index < -0.39 is 0 Å². The molecule has 0 atom stereocenters. The van der Waals surface area contributed by atoms with Gasteiger partial charge in [-0.3, -0.25) is 4.98 Å². The molecule has 2 heterocycles. The normalized spacial score (nSPS) is 10.2. The van der Waals surface area contributed by atoms with Gasteiger partial charge in [-0.2, -0.15) is 0 Å². The first kappa shape index (κ1) is 8.34. The van der Waals surface area contributed by atoms with E-state index in [1.807, 2.05) is 23.6 Å². The van der Waals surface area contributed by atoms with E-state index in [2.05, 4.69) is 9.97 Å². The van der Waals surface area contributed by atoms with Crippen LogP contribution >= 0.6 is 11.3 Å². The summed E-state index contributed by atoms with van der Waals surface area (Å²) in [5.41, 5.74) is 1.55. The van der Waals surface area contributed by atoms with Crippen LogP contribution in [-0.4, -0.2) is 15.1 Å². The van der Waals surface area contributed by atoms with Crippen molar-refractivity contribution in [2.45, 2.75) is 6.61 Å². The molecule has 0 fully saturated rings. The molecular weight excluding hydrogens is 184 g/mol. The predicted molar refractivity (Wildman–Crippen MR) is 51.3 cm³/mol. The van der Waals surface area contributed by atoms with Gasteiger partial charge in [0.15, 0.2) is 0 Å². The maximum atomic E-state index is 8.82. The van der Waals surface area contributed by atoms with Gasteiger partial charge < -0.3 is 5.11 Å². The summed E-state index contributed by atoms with van der Waals surface area (Å²) in [7, 11) is 0. The first-order chi connectivity index (χ1) is 6.40. The average Bonchev–Trinajstić information content (AvgIpc) is 2.67. The highest BCUT2D eigenvalue weighted by Gasteiger charge is 2.03. The standard InChI is InChI=1S/C9H8N2OS/c12-5-7-6-13-9(11-7)8-3-1-2-4-10-8/h1-4,6,12H,5H2. The van der Waals surface area contributed by atoms with E-state index in [0.717, 1.165) is 10.7 Å². The van der Waals surface area contributed by atoms with Gasteiger partial charge in [-0.15, -0.1) is 11.3 Å². The number of hydrogen-bond acceptors (Lipinski definition) is 4. The lowest BCUT2D eigenvalue weighted by atomic mass is 10.4. The van der Waals surface area contributed by atoms with Crippen LogP contribution in [0.1, 0.15) is 5.69 Å². The molecule has 4 heteroatoms. The zero-order valence-electron chi connectivity index (χ0n) is 6.84. The van der Waals surface area contributed by atoms with Crippen molar-refractivity contribution in [2.24, 2.45) is 0 Å². The summed E-state index contributed by atoms with van der Waals surface area (Å²) < 4.78 is 0. The number of pyridine rings is 1. The van der Waals surface area contributed by atoms with Crippen LogP contribution < -0.4 is 0 Å². The topological polar surface area (TPSA) is 46.0 Å². The van der Waals surface area contributed by atoms with Gasteiger partial charge in [0, 0.05) is 11.6 Å². The maximum Gasteiger partial charge on any atom is 0.142 e. The highest BCUT2D eigenvalue weighted by molar-refractivity contribution is 7.13. The van der Waals surface area contributed by atoms with E-state index in [4.69, 9.17) is 5.11 Å². The molecule has 0 bridgehead atoms. The van der Waals surface area contributed by atoms with Crippen molar-refractivity contribution >= 4 is 11.3 Å². The first-order valence-electron chi connectivity index (χ1n) is 3.87. The van der Waals surface area contributed by atoms with Crippen molar-refractivity contribution in [3.8, 4) is 10.7 Å². The summed E-state index contributed by atoms with van der Waals surface area (Å²) in [5, 5.41) is 11.5. The Balaban J connectivity index is 2.36. The van der Waals surface area contributed by atoms with Gasteiger partial charge in [-0.25, -0.2) is 4.98 Å². The SMILES string of the molecule is OCc1csc(-c2ccccn2)n1. The number of rotatable bonds is 2. The molecule has 0 spiro atoms. The Bertz CT molecular complexity index is 386. The van der Waals surface area contributed by atoms with E-state index >= 15 is 0 Å². The molecule has 0 radical (unpaired) electrons. The summed E-state index contributed by atoms with van der Waals surface area (Å²) in [6, 6.07) is 5.69. The molecule has 13 heavy (non-hydrogen) atoms. The summed E-state index contributed by atoms with van der Waals surface area (Å²) in [6.07, 6.45) is 1.73. The summed E-state index contributed by atoms with van der Waals surface area (Å²) in [5.74, 6) is 0. The van der Waals surface area contributed by atoms with Crippen LogP contribution in [0.4, 0.5) is 0 Å². The Morgan fingerprint density at radius 2 is 2.31 bits per heavy atom. The van der Waals surface area contributed by atoms with Gasteiger partial charge in [-0.1, -0.05) is 6.07 Å². The Kier molecular flexibility index (Phi) is 2.33. The number of aliphatic hydroxyl groups excluding tert-OH is 1. The highest BCUT2D eigenvalue weighted by Crippen LogP contribution is 2.20. The predicted octanol–water partition coefficient (Wildman–Crippen LogP) is 1.70. The van der Waals surface area contributed by atoms with E-state index in [-0.39, 0.29) is 6.61 Å². The Hall–Kier alpha value is -1.26. The lowest BCUT2D eigenvalue weighted by Gasteiger charge is -1.91. The lowest BCUT2D eigenvalue weighted by Crippen LogP contribution is -1.84. The molecule has 0 saturated heterocycles. The molecule has 0 aliphatic rings. The summed E-state index contributed by atoms with van der Waals surface area (Å²) in [6.45, 7) is -0.0106. The van der Waals surface area contributed by atoms with Crippen LogP contribution in [0.25, 0.3) is 10.7 Å². The number of thiazole rings is 1. The average molecular weight is 192 g/mol. The fourth-order valence-corrected chi connectivity index (χ4v) is 1.77. The molecule has 0 unspecified atom stereocenters. The third-order valence-corrected chi connectivity index (χ3v) is 2.51. The Morgan fingerprint density at radius 3 is 2.92 bits per heavy atom. The van der Waals surface area contributed by atoms with Crippen molar-refractivity contribution in [3.05, 3.63) is 35.5 Å². The quantitative estimate of drug-likeness (QED) is 0.787. The van der Waals surface area contributed by atoms with Gasteiger partial charge in [0.2, 0.25) is 0 Å². The molecule has 2 aromatic rings. The zero-order chi connectivity index (χ0) is 9.10. The fraction of sp³-hybridized carbons (Fsp3) is 0.111. The Labute approximate surface area is 79.7 Å². The molecule has 1 N–H and O–H groups in total. The van der Waals surface area contributed by atoms with Gasteiger partial charge in [0.25, 0.3) is 0 Å². The van der Waals surface area contributed by atoms with Crippen LogP contribution in [-0.2, 0) is 6.61 Å². The van der Waals surface area contributed by atoms with Crippen LogP contribution in [0, 0.1) is 0 Å². The van der Waals surface area contributed by atoms with E-state index in [0.29, 0.717) is 5.69 Å². The molecule has 0 aliphatic heterocycles. The van der Waals surface area contributed by atoms with Crippen LogP contribution in [0.15, 0.2) is 29.8 Å². The van der Waals surface area contributed by atoms with E-state index in [1.165, 1.54) is 11.3 Å². The Morgan fingerprint density at radius 1 is 1.38 bits per heavy atom. The molecule has 0 aliphatic carbocycles. The lowest BCUT2D eigenvalue weighted by molar-refractivity contribution is 0.278. The minimum absolute atomic E-state index is 0.0106. The van der Waals surface area contributed by atoms with Crippen LogP contribution in [0.5, 0.6) is 0 Å². The smallest absolute Gasteiger partial charge is 0.142 e. The van der Waals surface area contributed by atoms with Crippen molar-refractivity contribution < 1.29 is 5.11 Å². The number of aliphatic hydroxyl groups is 1. The fourth-order valence-electron chi connectivity index (χ4n) is 0.987. The number of hydrogen-bond donors (Lipinski definition) is 1. The molecule has 66 valence electrons. The van der Waals surface area contributed by atoms with Crippen molar-refractivity contribution in [2.75, 3.05) is 0 Å². The van der Waals surface area contributed by atoms with Gasteiger partial charge in [0.1, 0.15) is 5.01 Å². The van der Waals surface area contributed by atoms with Crippen molar-refractivity contribution in [1.82, 2.24) is 9.97 Å². The third-order valence-electron chi connectivity index (χ3n) is 1.60. The van der Waals surface area contributed by atoms with Gasteiger partial charge in [0.05, 0.1) is 18.0 Å². The largest absolute Gasteiger partial charge is 0.390 e. The molecule has 0 amide bonds. The van der Waals surface area contributed by atoms with Gasteiger partial charge >= 0.3 is 0 Å². The third kappa shape index (κ3) is 1.74. The van der Waals surface area contributed by atoms with Crippen molar-refractivity contribution in [3.63, 3.8) is 0 Å². The number of nitrogens with zero attached hydrogens (tertiary/aromatic N) is 2. The summed E-state index contributed by atoms with van der Waals surface area (Å²) in [4.78, 5) is 8.37. The monoisotopic (exact) mass is 192 g/mol. The zero-order valence-corrected chi connectivity index (χ0v) is 7.66. The first-order valence-corrected chi connectivity index (χ1v) is 4.75. The maximum absolute atomic E-state index is 8.82. The van der Waals surface area contributed by atoms with Gasteiger partial charge in [-0.05, 0) is 12.1 Å². The molecule has 2 rings (SSSR count). The van der Waals surface area contributed by atoms with Crippen molar-refractivity contribution in [1.29, 1.82) is 0 Å². The van der Waals surface area contributed by atoms with E-state index in [9.17, 15) is 0 Å². The minimum Gasteiger partial charge on any atom is -0.390 e. The second-order valence-corrected chi connectivity index (χ2v) is 3.38. The molecular formula is C9H8N2OS. The molecule has 0 aromatic carbocycles. The number of aromatic nitrogens is 2. The molecule has 2 aromatic heterocycles. The second-order valence-electron chi connectivity index (χ2n) is 2.52. The minimum atomic E-state index is -0.0106. The van der Waals surface area contributed by atoms with Crippen LogP contribution in [0.3, 0.4) is 0 Å². The highest BCUT2D eigenvalue weighted by atomic mass is 32.1. The molecule has 3 nitrogen and oxygen atoms in total. The van der Waals surface area contributed by atoms with Crippen LogP contribution in [0.2, 0.25) is 0 Å². The summed E-state index contributed by atoms with van der Waals surface area (Å²) >= 11 is 1.49. The van der Waals surface area contributed by atoms with E-state index in [1.54, 1.807) is 6.20 Å². The molecule has 0 saturated carbocycles.